The number of halogens is 1. The average molecular weight is 197 g/mol. The van der Waals surface area contributed by atoms with Crippen molar-refractivity contribution in [2.45, 2.75) is 0 Å². The molecule has 0 amide bonds. The molecular formula is C9H5ClO3. The topological polar surface area (TPSA) is 50.4 Å². The molecule has 2 rings (SSSR count). The molecule has 0 saturated carbocycles. The summed E-state index contributed by atoms with van der Waals surface area (Å²) in [5, 5.41) is 9.61. The van der Waals surface area contributed by atoms with Gasteiger partial charge in [-0.25, -0.2) is 4.79 Å². The van der Waals surface area contributed by atoms with Gasteiger partial charge in [-0.05, 0) is 12.1 Å². The Labute approximate surface area is 78.5 Å². The van der Waals surface area contributed by atoms with Gasteiger partial charge in [0.2, 0.25) is 0 Å². The monoisotopic (exact) mass is 196 g/mol. The van der Waals surface area contributed by atoms with E-state index in [9.17, 15) is 4.79 Å². The van der Waals surface area contributed by atoms with Crippen LogP contribution >= 0.6 is 11.6 Å². The summed E-state index contributed by atoms with van der Waals surface area (Å²) in [7, 11) is 0. The minimum absolute atomic E-state index is 0.163. The van der Waals surface area contributed by atoms with Gasteiger partial charge in [-0.15, -0.1) is 0 Å². The molecule has 0 saturated heterocycles. The summed E-state index contributed by atoms with van der Waals surface area (Å²) >= 11 is 5.76. The number of hydrogen-bond donors (Lipinski definition) is 1. The molecule has 66 valence electrons. The Morgan fingerprint density at radius 2 is 2.23 bits per heavy atom. The van der Waals surface area contributed by atoms with E-state index in [4.69, 9.17) is 21.1 Å². The maximum absolute atomic E-state index is 10.8. The number of carboxylic acid groups (broad SMARTS) is 1. The minimum atomic E-state index is -1.01. The molecule has 2 aromatic rings. The van der Waals surface area contributed by atoms with Crippen LogP contribution in [0.1, 0.15) is 10.4 Å². The maximum Gasteiger partial charge on any atom is 0.336 e. The average Bonchev–Trinajstić information content (AvgIpc) is 2.48. The van der Waals surface area contributed by atoms with E-state index in [1.165, 1.54) is 12.3 Å². The smallest absolute Gasteiger partial charge is 0.336 e. The van der Waals surface area contributed by atoms with Crippen molar-refractivity contribution in [3.8, 4) is 0 Å². The molecule has 0 aliphatic carbocycles. The number of aromatic carboxylic acids is 1. The van der Waals surface area contributed by atoms with Crippen molar-refractivity contribution >= 4 is 28.5 Å². The molecule has 1 N–H and O–H groups in total. The number of hydrogen-bond acceptors (Lipinski definition) is 2. The Balaban J connectivity index is 2.88. The van der Waals surface area contributed by atoms with E-state index in [1.807, 2.05) is 0 Å². The first-order valence-electron chi connectivity index (χ1n) is 3.59. The number of benzene rings is 1. The van der Waals surface area contributed by atoms with Gasteiger partial charge in [0.25, 0.3) is 0 Å². The summed E-state index contributed by atoms with van der Waals surface area (Å²) in [5.41, 5.74) is 0.654. The predicted octanol–water partition coefficient (Wildman–Crippen LogP) is 2.78. The van der Waals surface area contributed by atoms with Gasteiger partial charge in [0.1, 0.15) is 11.8 Å². The fourth-order valence-corrected chi connectivity index (χ4v) is 1.47. The van der Waals surface area contributed by atoms with E-state index < -0.39 is 5.97 Å². The van der Waals surface area contributed by atoms with Crippen LogP contribution in [0.4, 0.5) is 0 Å². The molecule has 0 spiro atoms. The van der Waals surface area contributed by atoms with E-state index in [-0.39, 0.29) is 5.56 Å². The van der Waals surface area contributed by atoms with Crippen LogP contribution in [0.2, 0.25) is 5.02 Å². The van der Waals surface area contributed by atoms with Gasteiger partial charge in [-0.1, -0.05) is 17.7 Å². The molecule has 0 unspecified atom stereocenters. The van der Waals surface area contributed by atoms with Gasteiger partial charge < -0.3 is 9.52 Å². The number of rotatable bonds is 1. The normalized spacial score (nSPS) is 10.5. The van der Waals surface area contributed by atoms with Crippen LogP contribution in [0.15, 0.2) is 28.9 Å². The molecular weight excluding hydrogens is 192 g/mol. The summed E-state index contributed by atoms with van der Waals surface area (Å²) < 4.78 is 5.04. The highest BCUT2D eigenvalue weighted by molar-refractivity contribution is 6.36. The molecule has 0 fully saturated rings. The molecule has 3 nitrogen and oxygen atoms in total. The predicted molar refractivity (Wildman–Crippen MR) is 48.2 cm³/mol. The van der Waals surface area contributed by atoms with Gasteiger partial charge in [-0.2, -0.15) is 0 Å². The lowest BCUT2D eigenvalue weighted by molar-refractivity contribution is 0.0699. The molecule has 0 aliphatic heterocycles. The molecule has 13 heavy (non-hydrogen) atoms. The lowest BCUT2D eigenvalue weighted by Crippen LogP contribution is -1.95. The first-order valence-corrected chi connectivity index (χ1v) is 3.97. The van der Waals surface area contributed by atoms with Crippen LogP contribution in [0.25, 0.3) is 11.0 Å². The van der Waals surface area contributed by atoms with E-state index in [2.05, 4.69) is 0 Å². The summed E-state index contributed by atoms with van der Waals surface area (Å²) in [6.07, 6.45) is 1.33. The summed E-state index contributed by atoms with van der Waals surface area (Å²) in [6.45, 7) is 0. The lowest BCUT2D eigenvalue weighted by atomic mass is 10.1. The van der Waals surface area contributed by atoms with Crippen molar-refractivity contribution < 1.29 is 14.3 Å². The number of carboxylic acids is 1. The van der Waals surface area contributed by atoms with Crippen LogP contribution in [0.5, 0.6) is 0 Å². The van der Waals surface area contributed by atoms with Gasteiger partial charge in [-0.3, -0.25) is 0 Å². The number of carbonyl (C=O) groups is 1. The van der Waals surface area contributed by atoms with E-state index in [1.54, 1.807) is 12.1 Å². The third-order valence-electron chi connectivity index (χ3n) is 1.78. The van der Waals surface area contributed by atoms with Crippen LogP contribution in [-0.4, -0.2) is 11.1 Å². The second kappa shape index (κ2) is 2.78. The molecule has 0 aliphatic rings. The first-order chi connectivity index (χ1) is 6.20. The molecule has 0 bridgehead atoms. The van der Waals surface area contributed by atoms with Gasteiger partial charge in [0, 0.05) is 0 Å². The third kappa shape index (κ3) is 1.17. The van der Waals surface area contributed by atoms with Gasteiger partial charge >= 0.3 is 5.97 Å². The molecule has 4 heteroatoms. The van der Waals surface area contributed by atoms with Crippen molar-refractivity contribution in [1.29, 1.82) is 0 Å². The zero-order valence-corrected chi connectivity index (χ0v) is 7.21. The Kier molecular flexibility index (Phi) is 1.74. The zero-order chi connectivity index (χ0) is 9.42. The Morgan fingerprint density at radius 1 is 1.46 bits per heavy atom. The molecule has 0 atom stereocenters. The van der Waals surface area contributed by atoms with E-state index in [0.717, 1.165) is 0 Å². The van der Waals surface area contributed by atoms with Gasteiger partial charge in [0.15, 0.2) is 0 Å². The van der Waals surface area contributed by atoms with Gasteiger partial charge in [0.05, 0.1) is 16.0 Å². The highest BCUT2D eigenvalue weighted by Gasteiger charge is 2.13. The summed E-state index contributed by atoms with van der Waals surface area (Å²) in [5.74, 6) is -1.01. The quantitative estimate of drug-likeness (QED) is 0.763. The molecule has 1 aromatic heterocycles. The Hall–Kier alpha value is -1.48. The van der Waals surface area contributed by atoms with Crippen molar-refractivity contribution in [1.82, 2.24) is 0 Å². The first kappa shape index (κ1) is 8.13. The van der Waals surface area contributed by atoms with Crippen molar-refractivity contribution in [3.63, 3.8) is 0 Å². The Bertz CT molecular complexity index is 473. The number of furan rings is 1. The van der Waals surface area contributed by atoms with E-state index >= 15 is 0 Å². The van der Waals surface area contributed by atoms with Crippen LogP contribution in [0, 0.1) is 0 Å². The Morgan fingerprint density at radius 3 is 2.92 bits per heavy atom. The molecule has 1 aromatic carbocycles. The molecule has 1 heterocycles. The second-order valence-electron chi connectivity index (χ2n) is 2.57. The highest BCUT2D eigenvalue weighted by Crippen LogP contribution is 2.28. The second-order valence-corrected chi connectivity index (χ2v) is 2.97. The van der Waals surface area contributed by atoms with Crippen LogP contribution in [0.3, 0.4) is 0 Å². The maximum atomic E-state index is 10.8. The van der Waals surface area contributed by atoms with Crippen molar-refractivity contribution in [2.24, 2.45) is 0 Å². The van der Waals surface area contributed by atoms with Crippen LogP contribution < -0.4 is 0 Å². The lowest BCUT2D eigenvalue weighted by Gasteiger charge is -1.95. The van der Waals surface area contributed by atoms with Crippen LogP contribution in [-0.2, 0) is 0 Å². The largest absolute Gasteiger partial charge is 0.478 e. The van der Waals surface area contributed by atoms with Crippen molar-refractivity contribution in [3.05, 3.63) is 35.0 Å². The summed E-state index contributed by atoms with van der Waals surface area (Å²) in [4.78, 5) is 10.8. The highest BCUT2D eigenvalue weighted by atomic mass is 35.5. The minimum Gasteiger partial charge on any atom is -0.478 e. The fourth-order valence-electron chi connectivity index (χ4n) is 1.23. The van der Waals surface area contributed by atoms with E-state index in [0.29, 0.717) is 16.0 Å². The fraction of sp³-hybridized carbons (Fsp3) is 0. The SMILES string of the molecule is O=C(O)c1cccc2occ(Cl)c12. The number of fused-ring (bicyclic) bond motifs is 1. The summed E-state index contributed by atoms with van der Waals surface area (Å²) in [6, 6.07) is 4.78. The van der Waals surface area contributed by atoms with Crippen molar-refractivity contribution in [2.75, 3.05) is 0 Å². The third-order valence-corrected chi connectivity index (χ3v) is 2.06. The zero-order valence-electron chi connectivity index (χ0n) is 6.45. The standard InChI is InChI=1S/C9H5ClO3/c10-6-4-13-7-3-1-2-5(8(6)7)9(11)12/h1-4H,(H,11,12). The molecule has 0 radical (unpaired) electrons.